The summed E-state index contributed by atoms with van der Waals surface area (Å²) >= 11 is 0. The predicted molar refractivity (Wildman–Crippen MR) is 108 cm³/mol. The van der Waals surface area contributed by atoms with E-state index in [4.69, 9.17) is 9.15 Å². The van der Waals surface area contributed by atoms with Crippen LogP contribution in [0.15, 0.2) is 63.8 Å². The molecule has 0 spiro atoms. The third-order valence-electron chi connectivity index (χ3n) is 5.03. The molecule has 1 saturated heterocycles. The Morgan fingerprint density at radius 2 is 2.00 bits per heavy atom. The van der Waals surface area contributed by atoms with Crippen molar-refractivity contribution < 1.29 is 18.7 Å². The second-order valence-corrected chi connectivity index (χ2v) is 6.98. The molecule has 148 valence electrons. The first-order valence-electron chi connectivity index (χ1n) is 9.28. The molecule has 0 bridgehead atoms. The van der Waals surface area contributed by atoms with Crippen molar-refractivity contribution in [1.82, 2.24) is 4.90 Å². The van der Waals surface area contributed by atoms with E-state index in [9.17, 15) is 14.4 Å². The van der Waals surface area contributed by atoms with Crippen LogP contribution < -0.4 is 15.7 Å². The Kier molecular flexibility index (Phi) is 5.03. The molecule has 1 fully saturated rings. The average Bonchev–Trinajstić information content (AvgIpc) is 3.09. The number of carbonyl (C=O) groups is 2. The number of para-hydroxylation sites is 1. The first-order valence-corrected chi connectivity index (χ1v) is 9.28. The molecule has 7 heteroatoms. The van der Waals surface area contributed by atoms with Crippen molar-refractivity contribution in [2.24, 2.45) is 5.92 Å². The number of anilines is 1. The van der Waals surface area contributed by atoms with Crippen molar-refractivity contribution in [3.05, 3.63) is 70.6 Å². The molecule has 1 atom stereocenters. The largest absolute Gasteiger partial charge is 0.496 e. The van der Waals surface area contributed by atoms with Crippen molar-refractivity contribution in [2.45, 2.75) is 13.0 Å². The summed E-state index contributed by atoms with van der Waals surface area (Å²) in [6, 6.07) is 15.6. The van der Waals surface area contributed by atoms with E-state index in [1.165, 1.54) is 6.07 Å². The van der Waals surface area contributed by atoms with Crippen LogP contribution in [0.5, 0.6) is 5.75 Å². The predicted octanol–water partition coefficient (Wildman–Crippen LogP) is 2.79. The van der Waals surface area contributed by atoms with Crippen LogP contribution in [0.4, 0.5) is 5.69 Å². The van der Waals surface area contributed by atoms with Crippen LogP contribution in [0.25, 0.3) is 11.0 Å². The number of carbonyl (C=O) groups excluding carboxylic acids is 2. The van der Waals surface area contributed by atoms with Gasteiger partial charge in [-0.15, -0.1) is 0 Å². The SMILES string of the molecule is COc1ccccc1CN1CC(C(=O)Nc2ccc3oc(=O)ccc3c2)CC1=O. The molecular weight excluding hydrogens is 372 g/mol. The first kappa shape index (κ1) is 18.7. The van der Waals surface area contributed by atoms with Gasteiger partial charge < -0.3 is 19.4 Å². The van der Waals surface area contributed by atoms with E-state index in [1.54, 1.807) is 36.3 Å². The minimum absolute atomic E-state index is 0.0589. The van der Waals surface area contributed by atoms with E-state index in [-0.39, 0.29) is 18.2 Å². The number of likely N-dealkylation sites (tertiary alicyclic amines) is 1. The van der Waals surface area contributed by atoms with E-state index in [0.29, 0.717) is 29.7 Å². The van der Waals surface area contributed by atoms with Gasteiger partial charge in [0, 0.05) is 42.2 Å². The lowest BCUT2D eigenvalue weighted by atomic mass is 10.1. The van der Waals surface area contributed by atoms with E-state index < -0.39 is 11.5 Å². The maximum atomic E-state index is 12.7. The minimum atomic E-state index is -0.429. The van der Waals surface area contributed by atoms with Gasteiger partial charge in [0.2, 0.25) is 11.8 Å². The third-order valence-corrected chi connectivity index (χ3v) is 5.03. The monoisotopic (exact) mass is 392 g/mol. The molecule has 4 rings (SSSR count). The van der Waals surface area contributed by atoms with Gasteiger partial charge in [-0.25, -0.2) is 4.79 Å². The fourth-order valence-electron chi connectivity index (χ4n) is 3.53. The van der Waals surface area contributed by atoms with E-state index in [2.05, 4.69) is 5.32 Å². The normalized spacial score (nSPS) is 16.2. The molecule has 0 saturated carbocycles. The van der Waals surface area contributed by atoms with Gasteiger partial charge in [-0.05, 0) is 30.3 Å². The standard InChI is InChI=1S/C22H20N2O5/c1-28-18-5-3-2-4-15(18)12-24-13-16(11-20(24)25)22(27)23-17-7-8-19-14(10-17)6-9-21(26)29-19/h2-10,16H,11-13H2,1H3,(H,23,27). The summed E-state index contributed by atoms with van der Waals surface area (Å²) in [5.74, 6) is 0.0200. The van der Waals surface area contributed by atoms with Gasteiger partial charge in [0.25, 0.3) is 0 Å². The number of ether oxygens (including phenoxy) is 1. The van der Waals surface area contributed by atoms with Crippen LogP contribution in [0.3, 0.4) is 0 Å². The Bertz CT molecular complexity index is 1140. The molecule has 1 aliphatic rings. The summed E-state index contributed by atoms with van der Waals surface area (Å²) < 4.78 is 10.4. The zero-order valence-electron chi connectivity index (χ0n) is 15.9. The number of hydrogen-bond donors (Lipinski definition) is 1. The van der Waals surface area contributed by atoms with Gasteiger partial charge in [-0.3, -0.25) is 9.59 Å². The number of amides is 2. The Hall–Kier alpha value is -3.61. The van der Waals surface area contributed by atoms with Gasteiger partial charge in [0.05, 0.1) is 13.0 Å². The fraction of sp³-hybridized carbons (Fsp3) is 0.227. The number of methoxy groups -OCH3 is 1. The van der Waals surface area contributed by atoms with Crippen molar-refractivity contribution in [3.63, 3.8) is 0 Å². The maximum absolute atomic E-state index is 12.7. The first-order chi connectivity index (χ1) is 14.0. The molecule has 1 aliphatic heterocycles. The molecule has 2 heterocycles. The van der Waals surface area contributed by atoms with Gasteiger partial charge in [0.15, 0.2) is 0 Å². The smallest absolute Gasteiger partial charge is 0.336 e. The van der Waals surface area contributed by atoms with Crippen LogP contribution in [0.1, 0.15) is 12.0 Å². The van der Waals surface area contributed by atoms with Gasteiger partial charge >= 0.3 is 5.63 Å². The number of benzene rings is 2. The average molecular weight is 392 g/mol. The molecule has 1 aromatic heterocycles. The molecular formula is C22H20N2O5. The lowest BCUT2D eigenvalue weighted by Gasteiger charge is -2.18. The molecule has 2 amide bonds. The van der Waals surface area contributed by atoms with Crippen molar-refractivity contribution in [3.8, 4) is 5.75 Å². The lowest BCUT2D eigenvalue weighted by molar-refractivity contribution is -0.128. The third kappa shape index (κ3) is 3.99. The highest BCUT2D eigenvalue weighted by atomic mass is 16.5. The summed E-state index contributed by atoms with van der Waals surface area (Å²) in [5.41, 5.74) is 1.52. The van der Waals surface area contributed by atoms with Gasteiger partial charge in [-0.1, -0.05) is 18.2 Å². The highest BCUT2D eigenvalue weighted by Crippen LogP contribution is 2.26. The molecule has 1 N–H and O–H groups in total. The topological polar surface area (TPSA) is 88.8 Å². The molecule has 0 aliphatic carbocycles. The fourth-order valence-corrected chi connectivity index (χ4v) is 3.53. The quantitative estimate of drug-likeness (QED) is 0.675. The lowest BCUT2D eigenvalue weighted by Crippen LogP contribution is -2.28. The van der Waals surface area contributed by atoms with E-state index in [0.717, 1.165) is 11.3 Å². The molecule has 3 aromatic rings. The van der Waals surface area contributed by atoms with E-state index >= 15 is 0 Å². The summed E-state index contributed by atoms with van der Waals surface area (Å²) in [5, 5.41) is 3.57. The van der Waals surface area contributed by atoms with Crippen molar-refractivity contribution in [1.29, 1.82) is 0 Å². The van der Waals surface area contributed by atoms with Gasteiger partial charge in [-0.2, -0.15) is 0 Å². The van der Waals surface area contributed by atoms with Crippen LogP contribution in [-0.4, -0.2) is 30.4 Å². The van der Waals surface area contributed by atoms with Gasteiger partial charge in [0.1, 0.15) is 11.3 Å². The minimum Gasteiger partial charge on any atom is -0.496 e. The van der Waals surface area contributed by atoms with Crippen LogP contribution in [0, 0.1) is 5.92 Å². The zero-order chi connectivity index (χ0) is 20.4. The summed E-state index contributed by atoms with van der Waals surface area (Å²) in [6.45, 7) is 0.757. The Morgan fingerprint density at radius 1 is 1.17 bits per heavy atom. The molecule has 1 unspecified atom stereocenters. The number of rotatable bonds is 5. The van der Waals surface area contributed by atoms with Crippen LogP contribution >= 0.6 is 0 Å². The van der Waals surface area contributed by atoms with Crippen molar-refractivity contribution >= 4 is 28.5 Å². The molecule has 2 aromatic carbocycles. The number of hydrogen-bond acceptors (Lipinski definition) is 5. The second kappa shape index (κ2) is 7.79. The molecule has 7 nitrogen and oxygen atoms in total. The number of nitrogens with zero attached hydrogens (tertiary/aromatic N) is 1. The number of nitrogens with one attached hydrogen (secondary N) is 1. The Morgan fingerprint density at radius 3 is 2.83 bits per heavy atom. The maximum Gasteiger partial charge on any atom is 0.336 e. The second-order valence-electron chi connectivity index (χ2n) is 6.98. The summed E-state index contributed by atoms with van der Waals surface area (Å²) in [7, 11) is 1.59. The van der Waals surface area contributed by atoms with Crippen LogP contribution in [0.2, 0.25) is 0 Å². The van der Waals surface area contributed by atoms with Crippen molar-refractivity contribution in [2.75, 3.05) is 19.0 Å². The Labute approximate surface area is 166 Å². The summed E-state index contributed by atoms with van der Waals surface area (Å²) in [4.78, 5) is 38.0. The summed E-state index contributed by atoms with van der Waals surface area (Å²) in [6.07, 6.45) is 0.170. The number of fused-ring (bicyclic) bond motifs is 1. The molecule has 29 heavy (non-hydrogen) atoms. The highest BCUT2D eigenvalue weighted by molar-refractivity contribution is 5.98. The Balaban J connectivity index is 1.44. The zero-order valence-corrected chi connectivity index (χ0v) is 15.9. The van der Waals surface area contributed by atoms with E-state index in [1.807, 2.05) is 24.3 Å². The van der Waals surface area contributed by atoms with Crippen LogP contribution in [-0.2, 0) is 16.1 Å². The molecule has 0 radical (unpaired) electrons. The highest BCUT2D eigenvalue weighted by Gasteiger charge is 2.34.